The molecule has 1 atom stereocenters. The van der Waals surface area contributed by atoms with Crippen LogP contribution in [0.4, 0.5) is 5.00 Å². The van der Waals surface area contributed by atoms with Gasteiger partial charge in [-0.1, -0.05) is 30.3 Å². The Bertz CT molecular complexity index is 643. The molecule has 0 amide bonds. The highest BCUT2D eigenvalue weighted by Crippen LogP contribution is 2.41. The summed E-state index contributed by atoms with van der Waals surface area (Å²) in [6.07, 6.45) is 7.24. The Kier molecular flexibility index (Phi) is 3.71. The van der Waals surface area contributed by atoms with Crippen LogP contribution in [0.15, 0.2) is 36.4 Å². The summed E-state index contributed by atoms with van der Waals surface area (Å²) in [4.78, 5) is 4.14. The lowest BCUT2D eigenvalue weighted by atomic mass is 9.77. The van der Waals surface area contributed by atoms with E-state index < -0.39 is 0 Å². The summed E-state index contributed by atoms with van der Waals surface area (Å²) in [5, 5.41) is 1.47. The zero-order valence-corrected chi connectivity index (χ0v) is 13.9. The fourth-order valence-electron chi connectivity index (χ4n) is 3.86. The van der Waals surface area contributed by atoms with Gasteiger partial charge in [-0.3, -0.25) is 0 Å². The third-order valence-corrected chi connectivity index (χ3v) is 6.50. The third kappa shape index (κ3) is 2.57. The number of hydrogen-bond acceptors (Lipinski definition) is 3. The van der Waals surface area contributed by atoms with Crippen molar-refractivity contribution in [3.05, 3.63) is 52.4 Å². The number of hydrogen-bond donors (Lipinski definition) is 1. The van der Waals surface area contributed by atoms with Gasteiger partial charge >= 0.3 is 0 Å². The third-order valence-electron chi connectivity index (χ3n) is 5.20. The Morgan fingerprint density at radius 1 is 1.05 bits per heavy atom. The molecule has 1 saturated heterocycles. The van der Waals surface area contributed by atoms with E-state index in [9.17, 15) is 0 Å². The Morgan fingerprint density at radius 3 is 2.59 bits per heavy atom. The quantitative estimate of drug-likeness (QED) is 0.905. The summed E-state index contributed by atoms with van der Waals surface area (Å²) in [7, 11) is 0. The van der Waals surface area contributed by atoms with Crippen LogP contribution < -0.4 is 10.6 Å². The SMILES string of the molecule is NC1(c2ccccc2)CCc2sc(N3CCCCC3)cc2C1. The average molecular weight is 312 g/mol. The molecule has 1 aromatic heterocycles. The van der Waals surface area contributed by atoms with Crippen molar-refractivity contribution in [3.63, 3.8) is 0 Å². The maximum absolute atomic E-state index is 6.77. The lowest BCUT2D eigenvalue weighted by molar-refractivity contribution is 0.388. The fraction of sp³-hybridized carbons (Fsp3) is 0.474. The molecule has 0 radical (unpaired) electrons. The van der Waals surface area contributed by atoms with Crippen LogP contribution in [0.3, 0.4) is 0 Å². The van der Waals surface area contributed by atoms with Crippen LogP contribution in [-0.4, -0.2) is 13.1 Å². The minimum atomic E-state index is -0.186. The molecule has 1 unspecified atom stereocenters. The van der Waals surface area contributed by atoms with Gasteiger partial charge in [0.15, 0.2) is 0 Å². The van der Waals surface area contributed by atoms with Gasteiger partial charge in [-0.15, -0.1) is 11.3 Å². The normalized spacial score (nSPS) is 25.0. The van der Waals surface area contributed by atoms with Gasteiger partial charge in [0.2, 0.25) is 0 Å². The molecular weight excluding hydrogens is 288 g/mol. The van der Waals surface area contributed by atoms with Gasteiger partial charge < -0.3 is 10.6 Å². The van der Waals surface area contributed by atoms with Crippen LogP contribution in [-0.2, 0) is 18.4 Å². The van der Waals surface area contributed by atoms with Crippen molar-refractivity contribution < 1.29 is 0 Å². The summed E-state index contributed by atoms with van der Waals surface area (Å²) in [6.45, 7) is 2.46. The van der Waals surface area contributed by atoms with E-state index in [1.165, 1.54) is 48.5 Å². The van der Waals surface area contributed by atoms with E-state index in [2.05, 4.69) is 41.3 Å². The molecule has 1 aromatic carbocycles. The number of aryl methyl sites for hydroxylation is 1. The molecule has 0 bridgehead atoms. The minimum Gasteiger partial charge on any atom is -0.363 e. The predicted octanol–water partition coefficient (Wildman–Crippen LogP) is 4.08. The second-order valence-corrected chi connectivity index (χ2v) is 7.89. The summed E-state index contributed by atoms with van der Waals surface area (Å²) in [5.74, 6) is 0. The topological polar surface area (TPSA) is 29.3 Å². The largest absolute Gasteiger partial charge is 0.363 e. The van der Waals surface area contributed by atoms with Gasteiger partial charge in [-0.25, -0.2) is 0 Å². The van der Waals surface area contributed by atoms with Gasteiger partial charge in [0.05, 0.1) is 5.00 Å². The van der Waals surface area contributed by atoms with Crippen LogP contribution in [0, 0.1) is 0 Å². The summed E-state index contributed by atoms with van der Waals surface area (Å²) >= 11 is 2.01. The molecule has 0 spiro atoms. The Morgan fingerprint density at radius 2 is 1.82 bits per heavy atom. The Hall–Kier alpha value is -1.32. The summed E-state index contributed by atoms with van der Waals surface area (Å²) < 4.78 is 0. The first-order chi connectivity index (χ1) is 10.7. The first-order valence-electron chi connectivity index (χ1n) is 8.46. The van der Waals surface area contributed by atoms with Gasteiger partial charge in [-0.05, 0) is 55.7 Å². The van der Waals surface area contributed by atoms with Crippen molar-refractivity contribution in [2.75, 3.05) is 18.0 Å². The number of nitrogens with two attached hydrogens (primary N) is 1. The lowest BCUT2D eigenvalue weighted by Crippen LogP contribution is -2.41. The molecule has 1 fully saturated rings. The molecule has 2 N–H and O–H groups in total. The highest BCUT2D eigenvalue weighted by Gasteiger charge is 2.33. The molecule has 4 rings (SSSR count). The smallest absolute Gasteiger partial charge is 0.0914 e. The summed E-state index contributed by atoms with van der Waals surface area (Å²) in [6, 6.07) is 13.1. The van der Waals surface area contributed by atoms with E-state index in [4.69, 9.17) is 5.73 Å². The lowest BCUT2D eigenvalue weighted by Gasteiger charge is -2.34. The highest BCUT2D eigenvalue weighted by molar-refractivity contribution is 7.16. The average Bonchev–Trinajstić information content (AvgIpc) is 2.99. The van der Waals surface area contributed by atoms with Crippen molar-refractivity contribution in [2.45, 2.75) is 44.1 Å². The molecule has 1 aliphatic heterocycles. The molecular formula is C19H24N2S. The fourth-order valence-corrected chi connectivity index (χ4v) is 5.10. The molecule has 1 aliphatic carbocycles. The van der Waals surface area contributed by atoms with Crippen LogP contribution in [0.25, 0.3) is 0 Å². The van der Waals surface area contributed by atoms with E-state index in [-0.39, 0.29) is 5.54 Å². The maximum atomic E-state index is 6.77. The first kappa shape index (κ1) is 14.3. The standard InChI is InChI=1S/C19H24N2S/c20-19(16-7-3-1-4-8-16)10-9-17-15(14-19)13-18(22-17)21-11-5-2-6-12-21/h1,3-4,7-8,13H,2,5-6,9-12,14,20H2. The second-order valence-electron chi connectivity index (χ2n) is 6.78. The van der Waals surface area contributed by atoms with Gasteiger partial charge in [0.25, 0.3) is 0 Å². The number of piperidine rings is 1. The van der Waals surface area contributed by atoms with Crippen molar-refractivity contribution in [3.8, 4) is 0 Å². The number of rotatable bonds is 2. The van der Waals surface area contributed by atoms with Crippen LogP contribution in [0.1, 0.15) is 41.7 Å². The molecule has 3 heteroatoms. The maximum Gasteiger partial charge on any atom is 0.0914 e. The zero-order valence-electron chi connectivity index (χ0n) is 13.1. The Balaban J connectivity index is 1.59. The number of anilines is 1. The number of fused-ring (bicyclic) bond motifs is 1. The zero-order chi connectivity index (χ0) is 15.0. The van der Waals surface area contributed by atoms with Gasteiger partial charge in [-0.2, -0.15) is 0 Å². The van der Waals surface area contributed by atoms with Crippen LogP contribution >= 0.6 is 11.3 Å². The van der Waals surface area contributed by atoms with E-state index in [1.807, 2.05) is 11.3 Å². The van der Waals surface area contributed by atoms with Crippen molar-refractivity contribution in [1.29, 1.82) is 0 Å². The molecule has 22 heavy (non-hydrogen) atoms. The number of benzene rings is 1. The molecule has 0 saturated carbocycles. The Labute approximate surface area is 137 Å². The van der Waals surface area contributed by atoms with Crippen molar-refractivity contribution >= 4 is 16.3 Å². The van der Waals surface area contributed by atoms with E-state index >= 15 is 0 Å². The molecule has 116 valence electrons. The van der Waals surface area contributed by atoms with E-state index in [0.29, 0.717) is 0 Å². The monoisotopic (exact) mass is 312 g/mol. The van der Waals surface area contributed by atoms with Gasteiger partial charge in [0, 0.05) is 23.5 Å². The molecule has 2 heterocycles. The highest BCUT2D eigenvalue weighted by atomic mass is 32.1. The van der Waals surface area contributed by atoms with Crippen LogP contribution in [0.2, 0.25) is 0 Å². The number of nitrogens with zero attached hydrogens (tertiary/aromatic N) is 1. The van der Waals surface area contributed by atoms with Crippen molar-refractivity contribution in [2.24, 2.45) is 5.73 Å². The van der Waals surface area contributed by atoms with Crippen molar-refractivity contribution in [1.82, 2.24) is 0 Å². The summed E-state index contributed by atoms with van der Waals surface area (Å²) in [5.41, 5.74) is 9.36. The first-order valence-corrected chi connectivity index (χ1v) is 9.27. The van der Waals surface area contributed by atoms with E-state index in [1.54, 1.807) is 4.88 Å². The van der Waals surface area contributed by atoms with Crippen LogP contribution in [0.5, 0.6) is 0 Å². The second kappa shape index (κ2) is 5.71. The minimum absolute atomic E-state index is 0.186. The van der Waals surface area contributed by atoms with E-state index in [0.717, 1.165) is 19.3 Å². The predicted molar refractivity (Wildman–Crippen MR) is 94.7 cm³/mol. The van der Waals surface area contributed by atoms with Gasteiger partial charge in [0.1, 0.15) is 0 Å². The molecule has 2 aromatic rings. The molecule has 2 aliphatic rings. The number of thiophene rings is 1. The molecule has 2 nitrogen and oxygen atoms in total.